The summed E-state index contributed by atoms with van der Waals surface area (Å²) in [5, 5.41) is 5.74. The highest BCUT2D eigenvalue weighted by atomic mass is 32.2. The number of para-hydroxylation sites is 1. The van der Waals surface area contributed by atoms with Crippen molar-refractivity contribution >= 4 is 27.5 Å². The highest BCUT2D eigenvalue weighted by Gasteiger charge is 2.33. The number of carbonyl (C=O) groups excluding carboxylic acids is 2. The van der Waals surface area contributed by atoms with Crippen molar-refractivity contribution in [3.63, 3.8) is 0 Å². The highest BCUT2D eigenvalue weighted by Crippen LogP contribution is 2.26. The summed E-state index contributed by atoms with van der Waals surface area (Å²) in [6.07, 6.45) is 1.18. The molecular weight excluding hydrogens is 426 g/mol. The van der Waals surface area contributed by atoms with Gasteiger partial charge in [0.25, 0.3) is 5.91 Å². The van der Waals surface area contributed by atoms with Crippen molar-refractivity contribution < 1.29 is 18.0 Å². The lowest BCUT2D eigenvalue weighted by Gasteiger charge is -2.31. The van der Waals surface area contributed by atoms with E-state index in [2.05, 4.69) is 10.6 Å². The molecule has 7 nitrogen and oxygen atoms in total. The Morgan fingerprint density at radius 2 is 1.69 bits per heavy atom. The molecule has 3 rings (SSSR count). The number of aryl methyl sites for hydroxylation is 1. The molecule has 1 aliphatic heterocycles. The van der Waals surface area contributed by atoms with Crippen LogP contribution in [0.1, 0.15) is 49.5 Å². The smallest absolute Gasteiger partial charge is 0.253 e. The van der Waals surface area contributed by atoms with E-state index < -0.39 is 21.5 Å². The van der Waals surface area contributed by atoms with E-state index in [9.17, 15) is 18.0 Å². The zero-order chi connectivity index (χ0) is 23.5. The molecule has 1 aliphatic rings. The first-order valence-electron chi connectivity index (χ1n) is 10.8. The minimum atomic E-state index is -3.67. The second-order valence-corrected chi connectivity index (χ2v) is 11.2. The number of hydrogen-bond acceptors (Lipinski definition) is 4. The van der Waals surface area contributed by atoms with Gasteiger partial charge in [-0.25, -0.2) is 8.42 Å². The van der Waals surface area contributed by atoms with Crippen molar-refractivity contribution in [2.75, 3.05) is 18.4 Å². The first kappa shape index (κ1) is 23.9. The highest BCUT2D eigenvalue weighted by molar-refractivity contribution is 7.89. The van der Waals surface area contributed by atoms with Crippen LogP contribution in [-0.4, -0.2) is 43.2 Å². The second kappa shape index (κ2) is 9.42. The average molecular weight is 458 g/mol. The molecule has 2 amide bonds. The molecule has 1 saturated heterocycles. The van der Waals surface area contributed by atoms with Gasteiger partial charge in [-0.1, -0.05) is 29.8 Å². The number of hydrogen-bond donors (Lipinski definition) is 2. The molecule has 0 aliphatic carbocycles. The molecule has 172 valence electrons. The van der Waals surface area contributed by atoms with Crippen LogP contribution in [0.2, 0.25) is 0 Å². The summed E-state index contributed by atoms with van der Waals surface area (Å²) in [7, 11) is -3.67. The molecule has 8 heteroatoms. The van der Waals surface area contributed by atoms with Gasteiger partial charge in [0, 0.05) is 18.6 Å². The summed E-state index contributed by atoms with van der Waals surface area (Å²) in [6.45, 7) is 8.05. The van der Waals surface area contributed by atoms with Crippen LogP contribution in [0.25, 0.3) is 0 Å². The van der Waals surface area contributed by atoms with E-state index in [0.717, 1.165) is 5.56 Å². The fraction of sp³-hybridized carbons (Fsp3) is 0.417. The number of nitrogens with one attached hydrogen (secondary N) is 2. The van der Waals surface area contributed by atoms with Gasteiger partial charge in [-0.15, -0.1) is 0 Å². The average Bonchev–Trinajstić information content (AvgIpc) is 2.73. The zero-order valence-corrected chi connectivity index (χ0v) is 19.8. The summed E-state index contributed by atoms with van der Waals surface area (Å²) < 4.78 is 27.5. The maximum absolute atomic E-state index is 13.0. The quantitative estimate of drug-likeness (QED) is 0.718. The van der Waals surface area contributed by atoms with Crippen LogP contribution in [0.15, 0.2) is 53.4 Å². The van der Waals surface area contributed by atoms with Gasteiger partial charge in [-0.3, -0.25) is 9.59 Å². The lowest BCUT2D eigenvalue weighted by atomic mass is 9.98. The molecule has 1 heterocycles. The van der Waals surface area contributed by atoms with E-state index in [1.165, 1.54) is 4.31 Å². The van der Waals surface area contributed by atoms with Crippen LogP contribution in [0, 0.1) is 12.8 Å². The molecule has 2 aromatic carbocycles. The Kier molecular flexibility index (Phi) is 7.05. The Labute approximate surface area is 190 Å². The molecule has 1 atom stereocenters. The van der Waals surface area contributed by atoms with Gasteiger partial charge >= 0.3 is 0 Å². The lowest BCUT2D eigenvalue weighted by molar-refractivity contribution is -0.120. The Bertz CT molecular complexity index is 1090. The number of anilines is 1. The molecule has 1 fully saturated rings. The molecule has 0 radical (unpaired) electrons. The van der Waals surface area contributed by atoms with E-state index in [4.69, 9.17) is 0 Å². The Balaban J connectivity index is 1.74. The van der Waals surface area contributed by atoms with Gasteiger partial charge in [0.15, 0.2) is 0 Å². The van der Waals surface area contributed by atoms with Gasteiger partial charge in [-0.2, -0.15) is 4.31 Å². The summed E-state index contributed by atoms with van der Waals surface area (Å²) in [5.41, 5.74) is 1.35. The Morgan fingerprint density at radius 3 is 2.34 bits per heavy atom. The van der Waals surface area contributed by atoms with Crippen molar-refractivity contribution in [1.29, 1.82) is 0 Å². The van der Waals surface area contributed by atoms with Crippen molar-refractivity contribution in [2.45, 2.75) is 51.0 Å². The number of nitrogens with zero attached hydrogens (tertiary/aromatic N) is 1. The standard InChI is InChI=1S/C24H31N3O4S/c1-17-11-13-19(14-12-17)32(30,31)27-15-7-8-18(16-27)22(28)25-21-10-6-5-9-20(21)23(29)26-24(2,3)4/h5-6,9-14,18H,7-8,15-16H2,1-4H3,(H,25,28)(H,26,29)/t18-/m1/s1. The van der Waals surface area contributed by atoms with Crippen molar-refractivity contribution in [1.82, 2.24) is 9.62 Å². The summed E-state index contributed by atoms with van der Waals surface area (Å²) >= 11 is 0. The second-order valence-electron chi connectivity index (χ2n) is 9.25. The van der Waals surface area contributed by atoms with Gasteiger partial charge in [0.1, 0.15) is 0 Å². The molecule has 0 spiro atoms. The Morgan fingerprint density at radius 1 is 1.03 bits per heavy atom. The predicted octanol–water partition coefficient (Wildman–Crippen LogP) is 3.56. The van der Waals surface area contributed by atoms with Gasteiger partial charge in [0.05, 0.1) is 22.1 Å². The van der Waals surface area contributed by atoms with E-state index in [1.54, 1.807) is 48.5 Å². The van der Waals surface area contributed by atoms with E-state index in [1.807, 2.05) is 27.7 Å². The lowest BCUT2D eigenvalue weighted by Crippen LogP contribution is -2.44. The number of rotatable bonds is 5. The largest absolute Gasteiger partial charge is 0.347 e. The molecule has 0 saturated carbocycles. The number of benzene rings is 2. The Hall–Kier alpha value is -2.71. The summed E-state index contributed by atoms with van der Waals surface area (Å²) in [5.74, 6) is -1.06. The topological polar surface area (TPSA) is 95.6 Å². The van der Waals surface area contributed by atoms with Gasteiger partial charge in [-0.05, 0) is 64.8 Å². The van der Waals surface area contributed by atoms with Crippen LogP contribution in [0.4, 0.5) is 5.69 Å². The fourth-order valence-corrected chi connectivity index (χ4v) is 5.19. The molecule has 2 aromatic rings. The van der Waals surface area contributed by atoms with Gasteiger partial charge in [0.2, 0.25) is 15.9 Å². The molecular formula is C24H31N3O4S. The van der Waals surface area contributed by atoms with Crippen LogP contribution in [0.5, 0.6) is 0 Å². The first-order chi connectivity index (χ1) is 15.0. The van der Waals surface area contributed by atoms with Crippen LogP contribution < -0.4 is 10.6 Å². The summed E-state index contributed by atoms with van der Waals surface area (Å²) in [4.78, 5) is 25.9. The fourth-order valence-electron chi connectivity index (χ4n) is 3.67. The number of piperidine rings is 1. The molecule has 2 N–H and O–H groups in total. The SMILES string of the molecule is Cc1ccc(S(=O)(=O)N2CCC[C@@H](C(=O)Nc3ccccc3C(=O)NC(C)(C)C)C2)cc1. The normalized spacial score (nSPS) is 17.6. The van der Waals surface area contributed by atoms with Crippen molar-refractivity contribution in [2.24, 2.45) is 5.92 Å². The van der Waals surface area contributed by atoms with Crippen molar-refractivity contribution in [3.05, 3.63) is 59.7 Å². The molecule has 0 aromatic heterocycles. The third-order valence-electron chi connectivity index (χ3n) is 5.33. The van der Waals surface area contributed by atoms with Crippen LogP contribution in [0.3, 0.4) is 0 Å². The maximum atomic E-state index is 13.0. The monoisotopic (exact) mass is 457 g/mol. The first-order valence-corrected chi connectivity index (χ1v) is 12.2. The predicted molar refractivity (Wildman–Crippen MR) is 125 cm³/mol. The van der Waals surface area contributed by atoms with E-state index >= 15 is 0 Å². The van der Waals surface area contributed by atoms with E-state index in [0.29, 0.717) is 30.6 Å². The number of amides is 2. The van der Waals surface area contributed by atoms with Crippen LogP contribution >= 0.6 is 0 Å². The summed E-state index contributed by atoms with van der Waals surface area (Å²) in [6, 6.07) is 13.5. The van der Waals surface area contributed by atoms with Gasteiger partial charge < -0.3 is 10.6 Å². The maximum Gasteiger partial charge on any atom is 0.253 e. The zero-order valence-electron chi connectivity index (χ0n) is 19.0. The molecule has 0 unspecified atom stereocenters. The van der Waals surface area contributed by atoms with Crippen LogP contribution in [-0.2, 0) is 14.8 Å². The third kappa shape index (κ3) is 5.75. The van der Waals surface area contributed by atoms with Crippen molar-refractivity contribution in [3.8, 4) is 0 Å². The number of carbonyl (C=O) groups is 2. The third-order valence-corrected chi connectivity index (χ3v) is 7.21. The minimum Gasteiger partial charge on any atom is -0.347 e. The van der Waals surface area contributed by atoms with E-state index in [-0.39, 0.29) is 23.3 Å². The molecule has 0 bridgehead atoms. The minimum absolute atomic E-state index is 0.110. The molecule has 32 heavy (non-hydrogen) atoms. The number of sulfonamides is 1.